The Morgan fingerprint density at radius 1 is 1.00 bits per heavy atom. The third kappa shape index (κ3) is 12.9. The lowest BCUT2D eigenvalue weighted by Crippen LogP contribution is -2.41. The normalized spacial score (nSPS) is 18.6. The van der Waals surface area contributed by atoms with Gasteiger partial charge in [-0.3, -0.25) is 0 Å². The Hall–Kier alpha value is -1.34. The standard InChI is InChI=1S/C21H40N2O5/c1-20(2,3)27-18(24)16-26-17-11-10-14-23(15-17)13-9-7-8-12-22-19(25)28-21(4,5)6/h17H,7-16H2,1-6H3,(H,22,25). The predicted molar refractivity (Wildman–Crippen MR) is 109 cm³/mol. The van der Waals surface area contributed by atoms with Crippen molar-refractivity contribution in [3.05, 3.63) is 0 Å². The van der Waals surface area contributed by atoms with E-state index in [0.29, 0.717) is 6.54 Å². The van der Waals surface area contributed by atoms with Gasteiger partial charge in [-0.15, -0.1) is 0 Å². The lowest BCUT2D eigenvalue weighted by atomic mass is 10.1. The molecule has 1 N–H and O–H groups in total. The Bertz CT molecular complexity index is 482. The van der Waals surface area contributed by atoms with E-state index in [2.05, 4.69) is 10.2 Å². The van der Waals surface area contributed by atoms with Gasteiger partial charge in [-0.2, -0.15) is 0 Å². The number of hydrogen-bond donors (Lipinski definition) is 1. The third-order valence-electron chi connectivity index (χ3n) is 4.14. The van der Waals surface area contributed by atoms with Gasteiger partial charge in [-0.1, -0.05) is 6.42 Å². The smallest absolute Gasteiger partial charge is 0.407 e. The van der Waals surface area contributed by atoms with Crippen LogP contribution in [0.3, 0.4) is 0 Å². The highest BCUT2D eigenvalue weighted by Crippen LogP contribution is 2.15. The lowest BCUT2D eigenvalue weighted by Gasteiger charge is -2.32. The first-order chi connectivity index (χ1) is 12.9. The van der Waals surface area contributed by atoms with E-state index in [1.807, 2.05) is 41.5 Å². The Kier molecular flexibility index (Phi) is 10.2. The van der Waals surface area contributed by atoms with Crippen LogP contribution in [0.25, 0.3) is 0 Å². The van der Waals surface area contributed by atoms with Crippen LogP contribution in [0.1, 0.15) is 73.6 Å². The quantitative estimate of drug-likeness (QED) is 0.471. The van der Waals surface area contributed by atoms with Crippen molar-refractivity contribution < 1.29 is 23.8 Å². The number of ether oxygens (including phenoxy) is 3. The van der Waals surface area contributed by atoms with Gasteiger partial charge in [-0.25, -0.2) is 9.59 Å². The molecule has 0 radical (unpaired) electrons. The summed E-state index contributed by atoms with van der Waals surface area (Å²) in [5.41, 5.74) is -0.933. The van der Waals surface area contributed by atoms with Crippen LogP contribution in [-0.4, -0.2) is 67.1 Å². The summed E-state index contributed by atoms with van der Waals surface area (Å²) in [5.74, 6) is -0.304. The van der Waals surface area contributed by atoms with Crippen LogP contribution >= 0.6 is 0 Å². The van der Waals surface area contributed by atoms with E-state index in [9.17, 15) is 9.59 Å². The molecule has 0 aromatic heterocycles. The molecule has 1 aliphatic heterocycles. The fourth-order valence-electron chi connectivity index (χ4n) is 3.05. The molecule has 0 spiro atoms. The molecule has 0 saturated carbocycles. The topological polar surface area (TPSA) is 77.1 Å². The second kappa shape index (κ2) is 11.6. The molecule has 1 amide bonds. The van der Waals surface area contributed by atoms with E-state index in [0.717, 1.165) is 51.7 Å². The maximum atomic E-state index is 11.8. The Balaban J connectivity index is 2.11. The van der Waals surface area contributed by atoms with Gasteiger partial charge in [0.2, 0.25) is 0 Å². The zero-order valence-corrected chi connectivity index (χ0v) is 18.6. The van der Waals surface area contributed by atoms with Crippen LogP contribution in [0.2, 0.25) is 0 Å². The molecule has 1 atom stereocenters. The van der Waals surface area contributed by atoms with Crippen LogP contribution in [0.4, 0.5) is 4.79 Å². The van der Waals surface area contributed by atoms with Crippen molar-refractivity contribution >= 4 is 12.1 Å². The van der Waals surface area contributed by atoms with Gasteiger partial charge in [0.15, 0.2) is 0 Å². The van der Waals surface area contributed by atoms with E-state index >= 15 is 0 Å². The number of alkyl carbamates (subject to hydrolysis) is 1. The van der Waals surface area contributed by atoms with Gasteiger partial charge in [0, 0.05) is 13.1 Å². The summed E-state index contributed by atoms with van der Waals surface area (Å²) in [5, 5.41) is 2.79. The van der Waals surface area contributed by atoms with E-state index in [1.54, 1.807) is 0 Å². The molecule has 1 aliphatic rings. The van der Waals surface area contributed by atoms with Gasteiger partial charge in [0.1, 0.15) is 17.8 Å². The first kappa shape index (κ1) is 24.7. The fourth-order valence-corrected chi connectivity index (χ4v) is 3.05. The van der Waals surface area contributed by atoms with Gasteiger partial charge in [0.25, 0.3) is 0 Å². The highest BCUT2D eigenvalue weighted by Gasteiger charge is 2.22. The molecule has 28 heavy (non-hydrogen) atoms. The van der Waals surface area contributed by atoms with Crippen molar-refractivity contribution in [1.29, 1.82) is 0 Å². The average Bonchev–Trinajstić information content (AvgIpc) is 2.53. The van der Waals surface area contributed by atoms with Gasteiger partial charge >= 0.3 is 12.1 Å². The van der Waals surface area contributed by atoms with Crippen molar-refractivity contribution in [2.24, 2.45) is 0 Å². The summed E-state index contributed by atoms with van der Waals surface area (Å²) >= 11 is 0. The second-order valence-electron chi connectivity index (χ2n) is 9.45. The Morgan fingerprint density at radius 3 is 2.32 bits per heavy atom. The number of rotatable bonds is 9. The SMILES string of the molecule is CC(C)(C)OC(=O)COC1CCCN(CCCCCNC(=O)OC(C)(C)C)C1. The van der Waals surface area contributed by atoms with E-state index in [-0.39, 0.29) is 24.8 Å². The molecule has 1 saturated heterocycles. The monoisotopic (exact) mass is 400 g/mol. The van der Waals surface area contributed by atoms with Gasteiger partial charge in [-0.05, 0) is 80.3 Å². The summed E-state index contributed by atoms with van der Waals surface area (Å²) in [6, 6.07) is 0. The zero-order chi connectivity index (χ0) is 21.2. The number of amides is 1. The summed E-state index contributed by atoms with van der Waals surface area (Å²) in [4.78, 5) is 25.7. The molecule has 1 heterocycles. The van der Waals surface area contributed by atoms with Gasteiger partial charge < -0.3 is 24.4 Å². The molecule has 0 aromatic carbocycles. The lowest BCUT2D eigenvalue weighted by molar-refractivity contribution is -0.163. The number of unbranched alkanes of at least 4 members (excludes halogenated alkanes) is 2. The first-order valence-electron chi connectivity index (χ1n) is 10.5. The molecular formula is C21H40N2O5. The highest BCUT2D eigenvalue weighted by atomic mass is 16.6. The maximum Gasteiger partial charge on any atom is 0.407 e. The largest absolute Gasteiger partial charge is 0.458 e. The second-order valence-corrected chi connectivity index (χ2v) is 9.45. The molecule has 0 bridgehead atoms. The summed E-state index contributed by atoms with van der Waals surface area (Å²) < 4.78 is 16.3. The van der Waals surface area contributed by atoms with Gasteiger partial charge in [0.05, 0.1) is 6.10 Å². The fraction of sp³-hybridized carbons (Fsp3) is 0.905. The molecule has 1 fully saturated rings. The minimum Gasteiger partial charge on any atom is -0.458 e. The van der Waals surface area contributed by atoms with Crippen LogP contribution in [-0.2, 0) is 19.0 Å². The predicted octanol–water partition coefficient (Wildman–Crippen LogP) is 3.50. The molecule has 7 heteroatoms. The van der Waals surface area contributed by atoms with E-state index in [4.69, 9.17) is 14.2 Å². The minimum absolute atomic E-state index is 0.0200. The molecule has 1 unspecified atom stereocenters. The Labute approximate surface area is 170 Å². The number of carbonyl (C=O) groups is 2. The van der Waals surface area contributed by atoms with Crippen molar-refractivity contribution in [2.75, 3.05) is 32.8 Å². The number of nitrogens with zero attached hydrogens (tertiary/aromatic N) is 1. The summed E-state index contributed by atoms with van der Waals surface area (Å²) in [7, 11) is 0. The molecule has 0 aromatic rings. The van der Waals surface area contributed by atoms with Crippen molar-refractivity contribution in [1.82, 2.24) is 10.2 Å². The van der Waals surface area contributed by atoms with Crippen LogP contribution in [0, 0.1) is 0 Å². The number of hydrogen-bond acceptors (Lipinski definition) is 6. The number of esters is 1. The summed E-state index contributed by atoms with van der Waals surface area (Å²) in [6.45, 7) is 14.7. The number of piperidine rings is 1. The third-order valence-corrected chi connectivity index (χ3v) is 4.14. The molecule has 164 valence electrons. The molecule has 1 rings (SSSR count). The highest BCUT2D eigenvalue weighted by molar-refractivity contribution is 5.71. The molecule has 7 nitrogen and oxygen atoms in total. The number of nitrogens with one attached hydrogen (secondary N) is 1. The molecule has 0 aliphatic carbocycles. The van der Waals surface area contributed by atoms with E-state index in [1.165, 1.54) is 0 Å². The van der Waals surface area contributed by atoms with E-state index < -0.39 is 11.2 Å². The van der Waals surface area contributed by atoms with Crippen molar-refractivity contribution in [2.45, 2.75) is 91.0 Å². The van der Waals surface area contributed by atoms with Crippen LogP contribution in [0.15, 0.2) is 0 Å². The zero-order valence-electron chi connectivity index (χ0n) is 18.6. The molecular weight excluding hydrogens is 360 g/mol. The number of carbonyl (C=O) groups excluding carboxylic acids is 2. The average molecular weight is 401 g/mol. The van der Waals surface area contributed by atoms with Crippen molar-refractivity contribution in [3.8, 4) is 0 Å². The summed E-state index contributed by atoms with van der Waals surface area (Å²) in [6.07, 6.45) is 4.87. The van der Waals surface area contributed by atoms with Crippen LogP contribution < -0.4 is 5.32 Å². The minimum atomic E-state index is -0.475. The van der Waals surface area contributed by atoms with Crippen LogP contribution in [0.5, 0.6) is 0 Å². The first-order valence-corrected chi connectivity index (χ1v) is 10.5. The van der Waals surface area contributed by atoms with Crippen molar-refractivity contribution in [3.63, 3.8) is 0 Å². The number of likely N-dealkylation sites (tertiary alicyclic amines) is 1. The Morgan fingerprint density at radius 2 is 1.68 bits per heavy atom. The maximum absolute atomic E-state index is 11.8.